The van der Waals surface area contributed by atoms with Gasteiger partial charge in [-0.1, -0.05) is 6.07 Å². The van der Waals surface area contributed by atoms with Crippen LogP contribution in [-0.4, -0.2) is 50.7 Å². The summed E-state index contributed by atoms with van der Waals surface area (Å²) in [5.74, 6) is 0.985. The second-order valence-corrected chi connectivity index (χ2v) is 7.37. The largest absolute Gasteiger partial charge is 0.494 e. The fraction of sp³-hybridized carbons (Fsp3) is 0.130. The normalized spacial score (nSPS) is 10.5. The van der Waals surface area contributed by atoms with E-state index in [4.69, 9.17) is 10.5 Å². The van der Waals surface area contributed by atoms with Gasteiger partial charge in [-0.15, -0.1) is 0 Å². The van der Waals surface area contributed by atoms with Crippen molar-refractivity contribution >= 4 is 34.8 Å². The zero-order valence-electron chi connectivity index (χ0n) is 19.2. The first-order valence-corrected chi connectivity index (χ1v) is 10.4. The number of nitrogens with two attached hydrogens (primary N) is 1. The van der Waals surface area contributed by atoms with E-state index >= 15 is 0 Å². The lowest BCUT2D eigenvalue weighted by atomic mass is 10.1. The van der Waals surface area contributed by atoms with Crippen LogP contribution in [0, 0.1) is 0 Å². The van der Waals surface area contributed by atoms with E-state index in [-0.39, 0.29) is 11.5 Å². The molecular formula is C23H23N9O3. The Hall–Kier alpha value is -5.00. The van der Waals surface area contributed by atoms with Gasteiger partial charge in [-0.2, -0.15) is 5.10 Å². The number of aryl methyl sites for hydroxylation is 1. The number of carbonyl (C=O) groups excluding carboxylic acids is 2. The summed E-state index contributed by atoms with van der Waals surface area (Å²) < 4.78 is 7.26. The number of nitrogens with zero attached hydrogens (tertiary/aromatic N) is 5. The number of benzene rings is 1. The molecule has 0 unspecified atom stereocenters. The molecule has 0 aliphatic heterocycles. The number of hydrogen-bond acceptors (Lipinski definition) is 9. The lowest BCUT2D eigenvalue weighted by Gasteiger charge is -2.17. The Kier molecular flexibility index (Phi) is 6.53. The van der Waals surface area contributed by atoms with Gasteiger partial charge in [0.2, 0.25) is 5.91 Å². The molecule has 178 valence electrons. The first-order chi connectivity index (χ1) is 16.9. The lowest BCUT2D eigenvalue weighted by Crippen LogP contribution is -2.19. The van der Waals surface area contributed by atoms with Gasteiger partial charge in [0, 0.05) is 32.6 Å². The highest BCUT2D eigenvalue weighted by atomic mass is 16.5. The fourth-order valence-corrected chi connectivity index (χ4v) is 3.33. The summed E-state index contributed by atoms with van der Waals surface area (Å²) in [6, 6.07) is 10.3. The molecule has 5 N–H and O–H groups in total. The van der Waals surface area contributed by atoms with Gasteiger partial charge in [-0.05, 0) is 24.3 Å². The van der Waals surface area contributed by atoms with Crippen LogP contribution < -0.4 is 26.4 Å². The van der Waals surface area contributed by atoms with Gasteiger partial charge in [0.1, 0.15) is 18.0 Å². The molecule has 0 aliphatic carbocycles. The van der Waals surface area contributed by atoms with Crippen molar-refractivity contribution in [3.8, 4) is 17.1 Å². The van der Waals surface area contributed by atoms with Crippen molar-refractivity contribution in [1.29, 1.82) is 0 Å². The van der Waals surface area contributed by atoms with Crippen LogP contribution in [0.3, 0.4) is 0 Å². The standard InChI is InChI=1S/C23H23N9O3/c1-25-23(34)15-11-27-19(30-18-8-7-13(10-26-18)21(24)33)9-17(15)29-16-6-4-5-14(20(16)35-3)22-28-12-32(2)31-22/h4-12H,1-3H3,(H2,24,33)(H,25,34)(H2,26,27,29,30). The molecule has 3 heterocycles. The minimum atomic E-state index is -0.569. The van der Waals surface area contributed by atoms with Crippen LogP contribution in [-0.2, 0) is 7.05 Å². The number of nitrogens with one attached hydrogen (secondary N) is 3. The predicted octanol–water partition coefficient (Wildman–Crippen LogP) is 2.23. The Bertz CT molecular complexity index is 1380. The Morgan fingerprint density at radius 3 is 2.43 bits per heavy atom. The number of carbonyl (C=O) groups is 2. The van der Waals surface area contributed by atoms with Gasteiger partial charge >= 0.3 is 0 Å². The molecule has 0 saturated heterocycles. The second kappa shape index (κ2) is 9.87. The maximum absolute atomic E-state index is 12.5. The van der Waals surface area contributed by atoms with Gasteiger partial charge in [0.15, 0.2) is 11.6 Å². The maximum Gasteiger partial charge on any atom is 0.254 e. The summed E-state index contributed by atoms with van der Waals surface area (Å²) in [4.78, 5) is 36.6. The Morgan fingerprint density at radius 2 is 1.80 bits per heavy atom. The molecule has 12 heteroatoms. The number of para-hydroxylation sites is 1. The van der Waals surface area contributed by atoms with Crippen LogP contribution in [0.15, 0.2) is 55.1 Å². The van der Waals surface area contributed by atoms with E-state index in [1.54, 1.807) is 43.4 Å². The molecule has 12 nitrogen and oxygen atoms in total. The molecule has 0 atom stereocenters. The Morgan fingerprint density at radius 1 is 1.00 bits per heavy atom. The highest BCUT2D eigenvalue weighted by molar-refractivity contribution is 6.00. The third kappa shape index (κ3) is 5.00. The van der Waals surface area contributed by atoms with E-state index in [1.165, 1.54) is 19.4 Å². The van der Waals surface area contributed by atoms with Crippen molar-refractivity contribution in [1.82, 2.24) is 30.0 Å². The topological polar surface area (TPSA) is 162 Å². The maximum atomic E-state index is 12.5. The SMILES string of the molecule is CNC(=O)c1cnc(Nc2ccc(C(N)=O)cn2)cc1Nc1cccc(-c2ncn(C)n2)c1OC. The fourth-order valence-electron chi connectivity index (χ4n) is 3.33. The van der Waals surface area contributed by atoms with Gasteiger partial charge < -0.3 is 26.4 Å². The van der Waals surface area contributed by atoms with Gasteiger partial charge in [0.25, 0.3) is 5.91 Å². The summed E-state index contributed by atoms with van der Waals surface area (Å²) in [5.41, 5.74) is 7.63. The molecule has 3 aromatic heterocycles. The average molecular weight is 473 g/mol. The van der Waals surface area contributed by atoms with E-state index in [0.717, 1.165) is 0 Å². The quantitative estimate of drug-likeness (QED) is 0.300. The average Bonchev–Trinajstić information content (AvgIpc) is 3.30. The molecular weight excluding hydrogens is 450 g/mol. The van der Waals surface area contributed by atoms with Crippen molar-refractivity contribution in [3.05, 3.63) is 66.2 Å². The highest BCUT2D eigenvalue weighted by Gasteiger charge is 2.18. The smallest absolute Gasteiger partial charge is 0.254 e. The molecule has 0 fully saturated rings. The van der Waals surface area contributed by atoms with Gasteiger partial charge in [0.05, 0.1) is 35.2 Å². The zero-order chi connectivity index (χ0) is 24.9. The molecule has 4 aromatic rings. The number of aromatic nitrogens is 5. The van der Waals surface area contributed by atoms with E-state index in [0.29, 0.717) is 45.7 Å². The molecule has 1 aromatic carbocycles. The third-order valence-electron chi connectivity index (χ3n) is 5.01. The Balaban J connectivity index is 1.70. The number of methoxy groups -OCH3 is 1. The summed E-state index contributed by atoms with van der Waals surface area (Å²) in [6.07, 6.45) is 4.41. The van der Waals surface area contributed by atoms with Crippen LogP contribution in [0.2, 0.25) is 0 Å². The number of hydrogen-bond donors (Lipinski definition) is 4. The number of rotatable bonds is 8. The van der Waals surface area contributed by atoms with Crippen LogP contribution in [0.4, 0.5) is 23.0 Å². The van der Waals surface area contributed by atoms with E-state index in [1.807, 2.05) is 18.2 Å². The summed E-state index contributed by atoms with van der Waals surface area (Å²) in [7, 11) is 4.87. The van der Waals surface area contributed by atoms with Crippen molar-refractivity contribution in [2.45, 2.75) is 0 Å². The van der Waals surface area contributed by atoms with Crippen LogP contribution >= 0.6 is 0 Å². The number of primary amides is 1. The third-order valence-corrected chi connectivity index (χ3v) is 5.01. The molecule has 0 radical (unpaired) electrons. The molecule has 0 saturated carbocycles. The van der Waals surface area contributed by atoms with Gasteiger partial charge in [-0.25, -0.2) is 15.0 Å². The Labute approximate surface area is 200 Å². The monoisotopic (exact) mass is 473 g/mol. The first-order valence-electron chi connectivity index (χ1n) is 10.4. The summed E-state index contributed by atoms with van der Waals surface area (Å²) >= 11 is 0. The van der Waals surface area contributed by atoms with Crippen molar-refractivity contribution < 1.29 is 14.3 Å². The lowest BCUT2D eigenvalue weighted by molar-refractivity contribution is 0.0962. The molecule has 4 rings (SSSR count). The minimum absolute atomic E-state index is 0.287. The zero-order valence-corrected chi connectivity index (χ0v) is 19.2. The number of ether oxygens (including phenoxy) is 1. The number of anilines is 4. The van der Waals surface area contributed by atoms with E-state index in [2.05, 4.69) is 36.0 Å². The number of amides is 2. The van der Waals surface area contributed by atoms with Crippen LogP contribution in [0.25, 0.3) is 11.4 Å². The van der Waals surface area contributed by atoms with Crippen LogP contribution in [0.5, 0.6) is 5.75 Å². The molecule has 0 bridgehead atoms. The van der Waals surface area contributed by atoms with E-state index in [9.17, 15) is 9.59 Å². The highest BCUT2D eigenvalue weighted by Crippen LogP contribution is 2.37. The minimum Gasteiger partial charge on any atom is -0.494 e. The first kappa shape index (κ1) is 23.2. The van der Waals surface area contributed by atoms with E-state index < -0.39 is 5.91 Å². The van der Waals surface area contributed by atoms with Crippen molar-refractivity contribution in [3.63, 3.8) is 0 Å². The van der Waals surface area contributed by atoms with Gasteiger partial charge in [-0.3, -0.25) is 14.3 Å². The van der Waals surface area contributed by atoms with Crippen molar-refractivity contribution in [2.24, 2.45) is 12.8 Å². The molecule has 0 spiro atoms. The second-order valence-electron chi connectivity index (χ2n) is 7.37. The van der Waals surface area contributed by atoms with Crippen molar-refractivity contribution in [2.75, 3.05) is 24.8 Å². The molecule has 0 aliphatic rings. The predicted molar refractivity (Wildman–Crippen MR) is 130 cm³/mol. The molecule has 2 amide bonds. The molecule has 35 heavy (non-hydrogen) atoms. The number of pyridine rings is 2. The summed E-state index contributed by atoms with van der Waals surface area (Å²) in [5, 5.41) is 13.3. The van der Waals surface area contributed by atoms with Crippen LogP contribution in [0.1, 0.15) is 20.7 Å². The summed E-state index contributed by atoms with van der Waals surface area (Å²) in [6.45, 7) is 0.